The number of aliphatic hydroxyl groups excluding tert-OH is 24. The van der Waals surface area contributed by atoms with Crippen LogP contribution >= 0.6 is 61.1 Å². The number of rotatable bonds is 34. The van der Waals surface area contributed by atoms with E-state index >= 15 is 0 Å². The highest BCUT2D eigenvalue weighted by atomic mass is 32.1. The van der Waals surface area contributed by atoms with Gasteiger partial charge >= 0.3 is 0 Å². The Kier molecular flexibility index (Phi) is 43.3. The second kappa shape index (κ2) is 51.9. The van der Waals surface area contributed by atoms with Crippen LogP contribution in [0.3, 0.4) is 0 Å². The Morgan fingerprint density at radius 1 is 0.273 bits per heavy atom. The minimum atomic E-state index is -1.89. The molecule has 16 heterocycles. The summed E-state index contributed by atoms with van der Waals surface area (Å²) in [6.45, 7) is -1.53. The molecule has 34 N–H and O–H groups in total. The summed E-state index contributed by atoms with van der Waals surface area (Å²) in [5, 5.41) is 289. The normalized spacial score (nSPS) is 42.0. The molecule has 16 rings (SSSR count). The predicted octanol–water partition coefficient (Wildman–Crippen LogP) is -17.7. The second-order valence-electron chi connectivity index (χ2n) is 32.8. The SMILES string of the molecule is OCC1O[C@@H]2OCCCCC3C(CNC(=S)NCCN(CCNC(=S)NCCN(CCNC(=S)N[C@@H]4OC(CO)[C@@H](O[C@@H]5OC(CO)[C@H](O)[C@H](O)C5O)[C@H](O)C4O)CCNC(=S)N[C@@H]4OC(CO)[C@@H](O[C@@H]5OC(CO)[C@H](O)[C@H](O)C5O)[C@H](O)C4O)CCNC(=S)NCC4O[C@@H]5OC6C(CO)O[C@H](OCCCCC4[C@H](O)C5O)C(O)[C@H]6O)O[C@H](OC1[C@H](O)C2O)C(O)[C@H]3O. The molecule has 16 aliphatic heterocycles. The zero-order valence-corrected chi connectivity index (χ0v) is 73.9. The van der Waals surface area contributed by atoms with Gasteiger partial charge in [0.15, 0.2) is 75.8 Å². The first kappa shape index (κ1) is 107. The molecule has 0 aromatic heterocycles. The molecule has 740 valence electrons. The molecule has 16 aliphatic rings. The van der Waals surface area contributed by atoms with E-state index in [1.54, 1.807) is 0 Å². The molecule has 16 saturated heterocycles. The maximum absolute atomic E-state index is 11.6. The van der Waals surface area contributed by atoms with Gasteiger partial charge in [0.2, 0.25) is 0 Å². The highest BCUT2D eigenvalue weighted by Gasteiger charge is 2.57. The van der Waals surface area contributed by atoms with Gasteiger partial charge in [-0.3, -0.25) is 9.80 Å². The summed E-state index contributed by atoms with van der Waals surface area (Å²) in [5.74, 6) is -1.30. The lowest BCUT2D eigenvalue weighted by Gasteiger charge is -2.47. The Morgan fingerprint density at radius 3 is 0.906 bits per heavy atom. The fourth-order valence-corrected chi connectivity index (χ4v) is 17.7. The fourth-order valence-electron chi connectivity index (χ4n) is 16.7. The number of hydrogen-bond donors (Lipinski definition) is 34. The van der Waals surface area contributed by atoms with E-state index in [-0.39, 0.29) is 111 Å². The van der Waals surface area contributed by atoms with Crippen LogP contribution in [0.5, 0.6) is 0 Å². The van der Waals surface area contributed by atoms with E-state index in [0.717, 1.165) is 0 Å². The van der Waals surface area contributed by atoms with Crippen LogP contribution in [0.4, 0.5) is 0 Å². The van der Waals surface area contributed by atoms with Crippen LogP contribution in [-0.4, -0.2) is 536 Å². The first-order valence-electron chi connectivity index (χ1n) is 42.8. The van der Waals surface area contributed by atoms with Crippen LogP contribution < -0.4 is 53.2 Å². The summed E-state index contributed by atoms with van der Waals surface area (Å²) in [6.07, 6.45) is -56.0. The molecule has 0 aromatic rings. The third-order valence-corrected chi connectivity index (χ3v) is 25.5. The van der Waals surface area contributed by atoms with Gasteiger partial charge in [-0.25, -0.2) is 0 Å². The lowest BCUT2D eigenvalue weighted by atomic mass is 9.84. The van der Waals surface area contributed by atoms with Crippen molar-refractivity contribution >= 4 is 86.7 Å². The van der Waals surface area contributed by atoms with Crippen molar-refractivity contribution < 1.29 is 189 Å². The summed E-state index contributed by atoms with van der Waals surface area (Å²) < 4.78 is 81.4. The van der Waals surface area contributed by atoms with Crippen molar-refractivity contribution in [1.82, 2.24) is 63.0 Å². The summed E-state index contributed by atoms with van der Waals surface area (Å²) in [6, 6.07) is 0. The van der Waals surface area contributed by atoms with Crippen molar-refractivity contribution in [1.29, 1.82) is 0 Å². The van der Waals surface area contributed by atoms with E-state index in [4.69, 9.17) is 127 Å². The smallest absolute Gasteiger partial charge is 0.187 e. The highest BCUT2D eigenvalue weighted by Crippen LogP contribution is 2.39. The standard InChI is InChI=1S/C73H130N12O38S5/c86-23-33-41(94)43(96)53(106)67(116-33)120-57-35(25-88)112-61(49(102)45(57)98)82-72(127)78-11-17-85(18-12-79-73(128)83-62-50(103)46(99)58(36(26-89)113-62)121-68-54(107)44(97)42(95)34(24-87)117-68)14-8-75-69(124)74-7-13-84(15-9-76-70(125)80-21-31-29-5-1-3-19-110-63-55(108)47(100)59(37(27-90)118-63)122-65(114-31)51(104)39(29)92)16-10-77-71(126)81-22-32-30-6-2-4-20-111-64-56(109)48(101)60(38(28-91)119-64)123-66(115-32)52(105)40(30)93/h29-68,86-109H,1-28H2,(H2,74,75,124)(H2,76,80,125)(H2,77,81,126)(H2,78,82,127)(H2,79,83,128)/t29?,30?,31?,32?,33?,34?,35?,36?,37?,38?,39-,40-,41-,42-,43-,44-,45+,46+,47+,48+,49?,50?,51?,52?,53?,54?,55?,56?,57+,58+,59?,60?,61+,62+,63-,64-,65+,66+,67-,68-/m0/s1. The summed E-state index contributed by atoms with van der Waals surface area (Å²) in [4.78, 5) is 3.97. The van der Waals surface area contributed by atoms with Gasteiger partial charge < -0.3 is 242 Å². The predicted molar refractivity (Wildman–Crippen MR) is 452 cm³/mol. The van der Waals surface area contributed by atoms with Gasteiger partial charge in [0, 0.05) is 117 Å². The maximum Gasteiger partial charge on any atom is 0.187 e. The minimum Gasteiger partial charge on any atom is -0.394 e. The van der Waals surface area contributed by atoms with Gasteiger partial charge in [-0.2, -0.15) is 0 Å². The average Bonchev–Trinajstić information content (AvgIpc) is 0.505. The number of thiocarbonyl (C=S) groups is 5. The Balaban J connectivity index is 0.760. The number of nitrogens with zero attached hydrogens (tertiary/aromatic N) is 2. The van der Waals surface area contributed by atoms with Crippen molar-refractivity contribution in [3.8, 4) is 0 Å². The second-order valence-corrected chi connectivity index (χ2v) is 34.8. The molecule has 50 nitrogen and oxygen atoms in total. The van der Waals surface area contributed by atoms with E-state index in [9.17, 15) is 123 Å². The van der Waals surface area contributed by atoms with Gasteiger partial charge in [-0.05, 0) is 86.8 Å². The van der Waals surface area contributed by atoms with Crippen molar-refractivity contribution in [2.75, 3.05) is 144 Å². The molecule has 40 atom stereocenters. The van der Waals surface area contributed by atoms with Gasteiger partial charge in [0.1, 0.15) is 159 Å². The van der Waals surface area contributed by atoms with Gasteiger partial charge in [-0.1, -0.05) is 12.8 Å². The molecule has 0 aromatic carbocycles. The monoisotopic (exact) mass is 1940 g/mol. The molecule has 16 fully saturated rings. The lowest BCUT2D eigenvalue weighted by Crippen LogP contribution is -2.67. The van der Waals surface area contributed by atoms with Crippen LogP contribution in [0.15, 0.2) is 0 Å². The average molecular weight is 1940 g/mol. The zero-order chi connectivity index (χ0) is 92.9. The van der Waals surface area contributed by atoms with Crippen LogP contribution in [0.2, 0.25) is 0 Å². The van der Waals surface area contributed by atoms with E-state index in [1.807, 2.05) is 9.80 Å². The molecule has 0 radical (unpaired) electrons. The Hall–Kier alpha value is -3.15. The van der Waals surface area contributed by atoms with E-state index < -0.39 is 285 Å². The third-order valence-electron chi connectivity index (χ3n) is 24.1. The van der Waals surface area contributed by atoms with Crippen LogP contribution in [-0.2, 0) is 66.3 Å². The molecule has 8 bridgehead atoms. The number of aliphatic hydroxyl groups is 24. The molecular formula is C73H130N12O38S5. The molecule has 0 saturated carbocycles. The van der Waals surface area contributed by atoms with Crippen molar-refractivity contribution in [2.24, 2.45) is 11.8 Å². The molecule has 20 unspecified atom stereocenters. The topological polar surface area (TPSA) is 742 Å². The molecule has 128 heavy (non-hydrogen) atoms. The summed E-state index contributed by atoms with van der Waals surface area (Å²) in [7, 11) is 0. The van der Waals surface area contributed by atoms with E-state index in [1.165, 1.54) is 0 Å². The number of hydrogen-bond acceptors (Lipinski definition) is 45. The van der Waals surface area contributed by atoms with Crippen LogP contribution in [0.25, 0.3) is 0 Å². The van der Waals surface area contributed by atoms with Gasteiger partial charge in [-0.15, -0.1) is 0 Å². The summed E-state index contributed by atoms with van der Waals surface area (Å²) in [5.41, 5.74) is 0. The molecule has 0 aliphatic carbocycles. The van der Waals surface area contributed by atoms with Crippen molar-refractivity contribution in [3.05, 3.63) is 0 Å². The van der Waals surface area contributed by atoms with Gasteiger partial charge in [0.05, 0.1) is 64.1 Å². The minimum absolute atomic E-state index is 0.00101. The third kappa shape index (κ3) is 28.1. The van der Waals surface area contributed by atoms with Crippen molar-refractivity contribution in [3.63, 3.8) is 0 Å². The van der Waals surface area contributed by atoms with Crippen molar-refractivity contribution in [2.45, 2.75) is 272 Å². The van der Waals surface area contributed by atoms with Crippen LogP contribution in [0.1, 0.15) is 38.5 Å². The largest absolute Gasteiger partial charge is 0.394 e. The Morgan fingerprint density at radius 2 is 0.578 bits per heavy atom. The molecule has 55 heteroatoms. The fraction of sp³-hybridized carbons (Fsp3) is 0.932. The van der Waals surface area contributed by atoms with E-state index in [2.05, 4.69) is 53.2 Å². The quantitative estimate of drug-likeness (QED) is 0.0266. The number of ether oxygens (including phenoxy) is 14. The molecule has 0 spiro atoms. The lowest BCUT2D eigenvalue weighted by molar-refractivity contribution is -0.355. The maximum atomic E-state index is 11.6. The summed E-state index contributed by atoms with van der Waals surface area (Å²) >= 11 is 28.5. The first-order valence-corrected chi connectivity index (χ1v) is 44.9. The van der Waals surface area contributed by atoms with E-state index in [0.29, 0.717) is 58.2 Å². The zero-order valence-electron chi connectivity index (χ0n) is 69.8. The Labute approximate surface area is 762 Å². The first-order chi connectivity index (χ1) is 61.2. The van der Waals surface area contributed by atoms with Crippen LogP contribution in [0, 0.1) is 11.8 Å². The molecular weight excluding hydrogens is 1810 g/mol. The Bertz CT molecular complexity index is 3170. The highest BCUT2D eigenvalue weighted by molar-refractivity contribution is 7.81. The molecule has 0 amide bonds. The van der Waals surface area contributed by atoms with Gasteiger partial charge in [0.25, 0.3) is 0 Å². The number of nitrogens with one attached hydrogen (secondary N) is 10.